The summed E-state index contributed by atoms with van der Waals surface area (Å²) in [6.07, 6.45) is 5.46. The molecule has 1 aliphatic rings. The van der Waals surface area contributed by atoms with Crippen molar-refractivity contribution in [1.82, 2.24) is 14.9 Å². The maximum absolute atomic E-state index is 12.6. The fourth-order valence-electron chi connectivity index (χ4n) is 4.43. The van der Waals surface area contributed by atoms with Gasteiger partial charge in [0.15, 0.2) is 5.76 Å². The van der Waals surface area contributed by atoms with Crippen LogP contribution >= 0.6 is 0 Å². The van der Waals surface area contributed by atoms with Gasteiger partial charge in [-0.15, -0.1) is 0 Å². The number of rotatable bonds is 8. The van der Waals surface area contributed by atoms with Crippen LogP contribution in [-0.4, -0.2) is 39.9 Å². The van der Waals surface area contributed by atoms with Gasteiger partial charge in [-0.3, -0.25) is 9.69 Å². The summed E-state index contributed by atoms with van der Waals surface area (Å²) < 4.78 is 5.68. The van der Waals surface area contributed by atoms with E-state index < -0.39 is 0 Å². The molecule has 0 unspecified atom stereocenters. The number of carbonyl (C=O) groups is 1. The fourth-order valence-corrected chi connectivity index (χ4v) is 4.43. The van der Waals surface area contributed by atoms with Gasteiger partial charge in [-0.2, -0.15) is 9.59 Å². The van der Waals surface area contributed by atoms with Crippen LogP contribution in [0.15, 0.2) is 77.3 Å². The number of hydrogen-bond acceptors (Lipinski definition) is 7. The molecule has 7 nitrogen and oxygen atoms in total. The highest BCUT2D eigenvalue weighted by Gasteiger charge is 2.15. The van der Waals surface area contributed by atoms with Crippen molar-refractivity contribution in [2.24, 2.45) is 0 Å². The number of ketones is 1. The van der Waals surface area contributed by atoms with Crippen molar-refractivity contribution in [1.29, 1.82) is 0 Å². The van der Waals surface area contributed by atoms with Crippen LogP contribution in [0.2, 0.25) is 0 Å². The summed E-state index contributed by atoms with van der Waals surface area (Å²) >= 11 is 0. The fraction of sp³-hybridized carbons (Fsp3) is 0.267. The van der Waals surface area contributed by atoms with Gasteiger partial charge >= 0.3 is 6.15 Å². The number of aryl methyl sites for hydroxylation is 2. The van der Waals surface area contributed by atoms with E-state index in [0.717, 1.165) is 17.8 Å². The molecule has 2 aromatic heterocycles. The third-order valence-electron chi connectivity index (χ3n) is 6.37. The van der Waals surface area contributed by atoms with Crippen LogP contribution < -0.4 is 0 Å². The Balaban J connectivity index is 0.00000102. The molecule has 0 atom stereocenters. The summed E-state index contributed by atoms with van der Waals surface area (Å²) in [6, 6.07) is 23.0. The van der Waals surface area contributed by atoms with Gasteiger partial charge in [0.1, 0.15) is 5.69 Å². The molecule has 0 amide bonds. The summed E-state index contributed by atoms with van der Waals surface area (Å²) in [5, 5.41) is 0. The van der Waals surface area contributed by atoms with Gasteiger partial charge in [0.05, 0.1) is 6.20 Å². The third-order valence-corrected chi connectivity index (χ3v) is 6.37. The van der Waals surface area contributed by atoms with Crippen LogP contribution in [0.1, 0.15) is 46.8 Å². The Kier molecular flexibility index (Phi) is 8.87. The van der Waals surface area contributed by atoms with Gasteiger partial charge in [-0.05, 0) is 73.7 Å². The van der Waals surface area contributed by atoms with E-state index in [2.05, 4.69) is 63.4 Å². The average molecular weight is 496 g/mol. The van der Waals surface area contributed by atoms with Crippen LogP contribution in [-0.2, 0) is 22.6 Å². The Labute approximate surface area is 216 Å². The largest absolute Gasteiger partial charge is 0.432 e. The van der Waals surface area contributed by atoms with Crippen LogP contribution in [0.25, 0.3) is 22.6 Å². The van der Waals surface area contributed by atoms with Crippen LogP contribution in [0.3, 0.4) is 0 Å². The summed E-state index contributed by atoms with van der Waals surface area (Å²) in [4.78, 5) is 40.0. The van der Waals surface area contributed by atoms with Crippen molar-refractivity contribution < 1.29 is 18.8 Å². The molecule has 1 fully saturated rings. The molecule has 1 aliphatic heterocycles. The Hall–Kier alpha value is -4.19. The standard InChI is InChI=1S/C29H29N3O2.CO2/c1-21-5-4-6-26(31-21)28-19-30-29(34-28)27(33)16-11-22-7-12-24(13-8-22)25-14-9-23(10-15-25)20-32-17-2-3-18-32;2-1-3/h4-10,12-15,19H,2-3,11,16-18,20H2,1H3;. The van der Waals surface area contributed by atoms with Crippen LogP contribution in [0.4, 0.5) is 0 Å². The Morgan fingerprint density at radius 2 is 1.54 bits per heavy atom. The number of oxazole rings is 1. The number of hydrogen-bond donors (Lipinski definition) is 0. The van der Waals surface area contributed by atoms with Crippen molar-refractivity contribution in [3.05, 3.63) is 95.6 Å². The molecule has 0 aliphatic carbocycles. The quantitative estimate of drug-likeness (QED) is 0.296. The SMILES string of the molecule is Cc1cccc(-c2cnc(C(=O)CCc3ccc(-c4ccc(CN5CCCC5)cc4)cc3)o2)n1.O=C=O. The number of aromatic nitrogens is 2. The Morgan fingerprint density at radius 1 is 0.919 bits per heavy atom. The lowest BCUT2D eigenvalue weighted by atomic mass is 10.0. The first-order valence-corrected chi connectivity index (χ1v) is 12.4. The van der Waals surface area contributed by atoms with E-state index in [4.69, 9.17) is 14.0 Å². The van der Waals surface area contributed by atoms with Crippen LogP contribution in [0.5, 0.6) is 0 Å². The maximum Gasteiger partial charge on any atom is 0.373 e. The summed E-state index contributed by atoms with van der Waals surface area (Å²) in [7, 11) is 0. The van der Waals surface area contributed by atoms with E-state index in [9.17, 15) is 4.79 Å². The van der Waals surface area contributed by atoms with E-state index in [1.807, 2.05) is 25.1 Å². The Bertz CT molecular complexity index is 1350. The molecule has 5 rings (SSSR count). The van der Waals surface area contributed by atoms with Crippen molar-refractivity contribution >= 4 is 11.9 Å². The maximum atomic E-state index is 12.6. The number of nitrogens with zero attached hydrogens (tertiary/aromatic N) is 3. The third kappa shape index (κ3) is 7.17. The van der Waals surface area contributed by atoms with Crippen molar-refractivity contribution in [2.45, 2.75) is 39.2 Å². The zero-order valence-corrected chi connectivity index (χ0v) is 20.9. The zero-order chi connectivity index (χ0) is 26.0. The topological polar surface area (TPSA) is 93.4 Å². The molecule has 2 aromatic carbocycles. The number of pyridine rings is 1. The molecule has 0 N–H and O–H groups in total. The number of likely N-dealkylation sites (tertiary alicyclic amines) is 1. The predicted octanol–water partition coefficient (Wildman–Crippen LogP) is 5.54. The predicted molar refractivity (Wildman–Crippen MR) is 139 cm³/mol. The molecule has 0 saturated carbocycles. The summed E-state index contributed by atoms with van der Waals surface area (Å²) in [5.41, 5.74) is 6.47. The van der Waals surface area contributed by atoms with Crippen molar-refractivity contribution in [3.8, 4) is 22.6 Å². The number of Topliss-reactive ketones (excluding diaryl/α,β-unsaturated/α-hetero) is 1. The molecule has 37 heavy (non-hydrogen) atoms. The Morgan fingerprint density at radius 3 is 2.16 bits per heavy atom. The molecule has 0 spiro atoms. The lowest BCUT2D eigenvalue weighted by Gasteiger charge is -2.14. The summed E-state index contributed by atoms with van der Waals surface area (Å²) in [6.45, 7) is 5.39. The van der Waals surface area contributed by atoms with Crippen molar-refractivity contribution in [2.75, 3.05) is 13.1 Å². The molecule has 7 heteroatoms. The molecular weight excluding hydrogens is 466 g/mol. The highest BCUT2D eigenvalue weighted by molar-refractivity contribution is 5.92. The minimum atomic E-state index is -0.100. The molecule has 0 bridgehead atoms. The van der Waals surface area contributed by atoms with Gasteiger partial charge in [0.2, 0.25) is 5.78 Å². The first kappa shape index (κ1) is 25.9. The number of carbonyl (C=O) groups excluding carboxylic acids is 3. The summed E-state index contributed by atoms with van der Waals surface area (Å²) in [5.74, 6) is 0.559. The second kappa shape index (κ2) is 12.7. The van der Waals surface area contributed by atoms with E-state index in [1.54, 1.807) is 6.20 Å². The molecule has 3 heterocycles. The van der Waals surface area contributed by atoms with Gasteiger partial charge in [-0.25, -0.2) is 9.97 Å². The second-order valence-electron chi connectivity index (χ2n) is 9.08. The van der Waals surface area contributed by atoms with Gasteiger partial charge in [0.25, 0.3) is 5.89 Å². The highest BCUT2D eigenvalue weighted by Crippen LogP contribution is 2.23. The van der Waals surface area contributed by atoms with E-state index >= 15 is 0 Å². The molecule has 188 valence electrons. The molecule has 0 radical (unpaired) electrons. The first-order chi connectivity index (χ1) is 18.1. The van der Waals surface area contributed by atoms with E-state index in [1.165, 1.54) is 42.6 Å². The van der Waals surface area contributed by atoms with Crippen molar-refractivity contribution in [3.63, 3.8) is 0 Å². The lowest BCUT2D eigenvalue weighted by Crippen LogP contribution is -2.18. The zero-order valence-electron chi connectivity index (χ0n) is 20.9. The lowest BCUT2D eigenvalue weighted by molar-refractivity contribution is -0.191. The molecule has 4 aromatic rings. The van der Waals surface area contributed by atoms with Gasteiger partial charge in [0, 0.05) is 18.7 Å². The van der Waals surface area contributed by atoms with E-state index in [0.29, 0.717) is 24.3 Å². The molecule has 1 saturated heterocycles. The minimum Gasteiger partial charge on any atom is -0.432 e. The average Bonchev–Trinajstić information content (AvgIpc) is 3.62. The van der Waals surface area contributed by atoms with E-state index in [-0.39, 0.29) is 17.8 Å². The smallest absolute Gasteiger partial charge is 0.373 e. The minimum absolute atomic E-state index is 0.100. The van der Waals surface area contributed by atoms with Gasteiger partial charge in [-0.1, -0.05) is 54.6 Å². The second-order valence-corrected chi connectivity index (χ2v) is 9.08. The van der Waals surface area contributed by atoms with Gasteiger partial charge < -0.3 is 4.42 Å². The van der Waals surface area contributed by atoms with Crippen LogP contribution in [0, 0.1) is 6.92 Å². The first-order valence-electron chi connectivity index (χ1n) is 12.4. The highest BCUT2D eigenvalue weighted by atomic mass is 16.4. The number of benzene rings is 2. The molecular formula is C30H29N3O4. The monoisotopic (exact) mass is 495 g/mol. The normalized spacial score (nSPS) is 13.0.